The molecule has 19 heavy (non-hydrogen) atoms. The van der Waals surface area contributed by atoms with E-state index >= 15 is 0 Å². The van der Waals surface area contributed by atoms with Gasteiger partial charge in [0.2, 0.25) is 5.91 Å². The van der Waals surface area contributed by atoms with Gasteiger partial charge in [-0.2, -0.15) is 0 Å². The van der Waals surface area contributed by atoms with Crippen molar-refractivity contribution >= 4 is 29.1 Å². The number of amides is 1. The Morgan fingerprint density at radius 2 is 2.16 bits per heavy atom. The number of hydrogen-bond acceptors (Lipinski definition) is 2. The normalized spacial score (nSPS) is 10.3. The summed E-state index contributed by atoms with van der Waals surface area (Å²) in [4.78, 5) is 13.4. The summed E-state index contributed by atoms with van der Waals surface area (Å²) in [6.07, 6.45) is 1.27. The highest BCUT2D eigenvalue weighted by Crippen LogP contribution is 2.24. The van der Waals surface area contributed by atoms with Gasteiger partial charge in [0.25, 0.3) is 0 Å². The maximum atomic E-state index is 11.7. The van der Waals surface area contributed by atoms with E-state index in [1.165, 1.54) is 0 Å². The van der Waals surface area contributed by atoms with Crippen LogP contribution in [0.1, 0.15) is 25.3 Å². The van der Waals surface area contributed by atoms with Crippen LogP contribution in [0.25, 0.3) is 0 Å². The third-order valence-electron chi connectivity index (χ3n) is 2.63. The van der Waals surface area contributed by atoms with Gasteiger partial charge in [0.15, 0.2) is 0 Å². The van der Waals surface area contributed by atoms with Crippen molar-refractivity contribution in [3.8, 4) is 5.75 Å². The van der Waals surface area contributed by atoms with Crippen molar-refractivity contribution in [2.24, 2.45) is 0 Å². The van der Waals surface area contributed by atoms with Crippen molar-refractivity contribution in [1.82, 2.24) is 4.90 Å². The summed E-state index contributed by atoms with van der Waals surface area (Å²) in [6.45, 7) is 3.16. The van der Waals surface area contributed by atoms with Crippen LogP contribution in [0.5, 0.6) is 5.75 Å². The lowest BCUT2D eigenvalue weighted by molar-refractivity contribution is -0.130. The van der Waals surface area contributed by atoms with E-state index in [0.29, 0.717) is 30.5 Å². The molecule has 0 N–H and O–H groups in total. The molecule has 0 aliphatic rings. The Labute approximate surface area is 124 Å². The van der Waals surface area contributed by atoms with Gasteiger partial charge in [0.05, 0.1) is 6.61 Å². The molecular weight excluding hydrogens is 285 g/mol. The lowest BCUT2D eigenvalue weighted by Gasteiger charge is -2.19. The van der Waals surface area contributed by atoms with Gasteiger partial charge in [0.1, 0.15) is 5.75 Å². The molecule has 0 bridgehead atoms. The third kappa shape index (κ3) is 5.29. The first-order valence-electron chi connectivity index (χ1n) is 6.29. The molecule has 0 saturated heterocycles. The molecule has 5 heteroatoms. The SMILES string of the molecule is CCCOc1ccc(Cl)cc1CN(C)C(=O)CCCl. The van der Waals surface area contributed by atoms with Crippen LogP contribution in [-0.4, -0.2) is 30.3 Å². The first-order chi connectivity index (χ1) is 9.08. The number of benzene rings is 1. The zero-order valence-electron chi connectivity index (χ0n) is 11.3. The summed E-state index contributed by atoms with van der Waals surface area (Å²) in [7, 11) is 1.75. The lowest BCUT2D eigenvalue weighted by Crippen LogP contribution is -2.26. The molecule has 0 aliphatic heterocycles. The van der Waals surface area contributed by atoms with Gasteiger partial charge in [-0.05, 0) is 24.6 Å². The summed E-state index contributed by atoms with van der Waals surface area (Å²) in [5, 5.41) is 0.636. The predicted octanol–water partition coefficient (Wildman–Crippen LogP) is 3.72. The second-order valence-electron chi connectivity index (χ2n) is 4.29. The number of carbonyl (C=O) groups excluding carboxylic acids is 1. The van der Waals surface area contributed by atoms with Crippen LogP contribution in [0.3, 0.4) is 0 Å². The Bertz CT molecular complexity index is 424. The van der Waals surface area contributed by atoms with Crippen LogP contribution in [-0.2, 0) is 11.3 Å². The summed E-state index contributed by atoms with van der Waals surface area (Å²) in [6, 6.07) is 5.46. The molecule has 0 fully saturated rings. The van der Waals surface area contributed by atoms with E-state index in [-0.39, 0.29) is 5.91 Å². The van der Waals surface area contributed by atoms with Crippen molar-refractivity contribution in [1.29, 1.82) is 0 Å². The van der Waals surface area contributed by atoms with Gasteiger partial charge >= 0.3 is 0 Å². The molecule has 106 valence electrons. The van der Waals surface area contributed by atoms with E-state index in [9.17, 15) is 4.79 Å². The number of hydrogen-bond donors (Lipinski definition) is 0. The fourth-order valence-corrected chi connectivity index (χ4v) is 2.00. The fraction of sp³-hybridized carbons (Fsp3) is 0.500. The Hall–Kier alpha value is -0.930. The van der Waals surface area contributed by atoms with E-state index in [1.54, 1.807) is 18.0 Å². The van der Waals surface area contributed by atoms with Gasteiger partial charge in [-0.3, -0.25) is 4.79 Å². The summed E-state index contributed by atoms with van der Waals surface area (Å²) >= 11 is 11.6. The third-order valence-corrected chi connectivity index (χ3v) is 3.05. The quantitative estimate of drug-likeness (QED) is 0.719. The van der Waals surface area contributed by atoms with E-state index in [2.05, 4.69) is 0 Å². The summed E-state index contributed by atoms with van der Waals surface area (Å²) in [5.74, 6) is 1.12. The van der Waals surface area contributed by atoms with E-state index in [4.69, 9.17) is 27.9 Å². The molecule has 1 amide bonds. The van der Waals surface area contributed by atoms with Crippen molar-refractivity contribution in [2.45, 2.75) is 26.3 Å². The van der Waals surface area contributed by atoms with Crippen LogP contribution >= 0.6 is 23.2 Å². The smallest absolute Gasteiger partial charge is 0.223 e. The summed E-state index contributed by atoms with van der Waals surface area (Å²) in [5.41, 5.74) is 0.909. The van der Waals surface area contributed by atoms with Crippen molar-refractivity contribution in [2.75, 3.05) is 19.5 Å². The van der Waals surface area contributed by atoms with Gasteiger partial charge in [0, 0.05) is 36.5 Å². The fourth-order valence-electron chi connectivity index (χ4n) is 1.64. The van der Waals surface area contributed by atoms with Gasteiger partial charge in [-0.1, -0.05) is 18.5 Å². The van der Waals surface area contributed by atoms with Gasteiger partial charge in [-0.25, -0.2) is 0 Å². The molecule has 0 aliphatic carbocycles. The lowest BCUT2D eigenvalue weighted by atomic mass is 10.2. The highest BCUT2D eigenvalue weighted by Gasteiger charge is 2.12. The maximum Gasteiger partial charge on any atom is 0.223 e. The monoisotopic (exact) mass is 303 g/mol. The minimum absolute atomic E-state index is 0.0106. The van der Waals surface area contributed by atoms with Crippen molar-refractivity contribution in [3.63, 3.8) is 0 Å². The molecule has 0 unspecified atom stereocenters. The van der Waals surface area contributed by atoms with E-state index < -0.39 is 0 Å². The molecule has 0 atom stereocenters. The number of ether oxygens (including phenoxy) is 1. The molecule has 3 nitrogen and oxygen atoms in total. The average Bonchev–Trinajstić information content (AvgIpc) is 2.38. The van der Waals surface area contributed by atoms with Crippen molar-refractivity contribution < 1.29 is 9.53 Å². The first-order valence-corrected chi connectivity index (χ1v) is 7.20. The molecule has 1 aromatic carbocycles. The molecule has 0 heterocycles. The molecule has 0 spiro atoms. The molecule has 1 aromatic rings. The average molecular weight is 304 g/mol. The van der Waals surface area contributed by atoms with Gasteiger partial charge in [-0.15, -0.1) is 11.6 Å². The number of nitrogens with zero attached hydrogens (tertiary/aromatic N) is 1. The maximum absolute atomic E-state index is 11.7. The second kappa shape index (κ2) is 8.28. The van der Waals surface area contributed by atoms with Crippen LogP contribution in [0.4, 0.5) is 0 Å². The molecule has 0 aromatic heterocycles. The second-order valence-corrected chi connectivity index (χ2v) is 5.10. The van der Waals surface area contributed by atoms with Crippen LogP contribution in [0.2, 0.25) is 5.02 Å². The van der Waals surface area contributed by atoms with E-state index in [0.717, 1.165) is 17.7 Å². The highest BCUT2D eigenvalue weighted by molar-refractivity contribution is 6.30. The topological polar surface area (TPSA) is 29.5 Å². The number of rotatable bonds is 7. The standard InChI is InChI=1S/C14H19Cl2NO2/c1-3-8-19-13-5-4-12(16)9-11(13)10-17(2)14(18)6-7-15/h4-5,9H,3,6-8,10H2,1-2H3. The highest BCUT2D eigenvalue weighted by atomic mass is 35.5. The molecule has 0 saturated carbocycles. The Balaban J connectivity index is 2.79. The van der Waals surface area contributed by atoms with Crippen LogP contribution in [0, 0.1) is 0 Å². The van der Waals surface area contributed by atoms with E-state index in [1.807, 2.05) is 19.1 Å². The number of halogens is 2. The van der Waals surface area contributed by atoms with Crippen molar-refractivity contribution in [3.05, 3.63) is 28.8 Å². The Morgan fingerprint density at radius 3 is 2.79 bits per heavy atom. The first kappa shape index (κ1) is 16.1. The summed E-state index contributed by atoms with van der Waals surface area (Å²) < 4.78 is 5.66. The molecular formula is C14H19Cl2NO2. The largest absolute Gasteiger partial charge is 0.493 e. The van der Waals surface area contributed by atoms with Crippen LogP contribution in [0.15, 0.2) is 18.2 Å². The predicted molar refractivity (Wildman–Crippen MR) is 79.0 cm³/mol. The van der Waals surface area contributed by atoms with Gasteiger partial charge < -0.3 is 9.64 Å². The minimum atomic E-state index is 0.0106. The zero-order valence-corrected chi connectivity index (χ0v) is 12.8. The number of alkyl halides is 1. The molecule has 1 rings (SSSR count). The Morgan fingerprint density at radius 1 is 1.42 bits per heavy atom. The molecule has 0 radical (unpaired) electrons. The number of carbonyl (C=O) groups is 1. The minimum Gasteiger partial charge on any atom is -0.493 e. The Kier molecular flexibility index (Phi) is 7.03. The van der Waals surface area contributed by atoms with Crippen LogP contribution < -0.4 is 4.74 Å². The zero-order chi connectivity index (χ0) is 14.3.